The molecule has 1 N–H and O–H groups in total. The predicted octanol–water partition coefficient (Wildman–Crippen LogP) is 0.600. The third-order valence-corrected chi connectivity index (χ3v) is 3.70. The molecule has 2 aromatic rings. The number of hydrogen-bond acceptors (Lipinski definition) is 6. The minimum Gasteiger partial charge on any atom is -0.481 e. The van der Waals surface area contributed by atoms with Crippen molar-refractivity contribution in [2.24, 2.45) is 5.92 Å². The van der Waals surface area contributed by atoms with Crippen molar-refractivity contribution in [1.82, 2.24) is 25.0 Å². The predicted molar refractivity (Wildman–Crippen MR) is 70.4 cm³/mol. The molecule has 1 atom stereocenters. The molecule has 0 aromatic carbocycles. The van der Waals surface area contributed by atoms with Crippen molar-refractivity contribution in [2.75, 3.05) is 18.0 Å². The molecule has 3 heterocycles. The number of carboxylic acid groups (broad SMARTS) is 1. The first kappa shape index (κ1) is 12.8. The fourth-order valence-corrected chi connectivity index (χ4v) is 2.71. The lowest BCUT2D eigenvalue weighted by atomic mass is 9.93. The molecule has 0 spiro atoms. The maximum Gasteiger partial charge on any atom is 0.303 e. The summed E-state index contributed by atoms with van der Waals surface area (Å²) in [6.45, 7) is 1.75. The molecule has 1 unspecified atom stereocenters. The molecular formula is C12H16N6O2. The van der Waals surface area contributed by atoms with Crippen LogP contribution in [-0.2, 0) is 4.79 Å². The van der Waals surface area contributed by atoms with Crippen molar-refractivity contribution in [2.45, 2.75) is 25.7 Å². The van der Waals surface area contributed by atoms with Crippen LogP contribution in [-0.4, -0.2) is 49.2 Å². The Morgan fingerprint density at radius 1 is 1.45 bits per heavy atom. The molecule has 106 valence electrons. The van der Waals surface area contributed by atoms with Crippen molar-refractivity contribution < 1.29 is 9.90 Å². The number of tetrazole rings is 1. The summed E-state index contributed by atoms with van der Waals surface area (Å²) in [6, 6.07) is 0. The first-order valence-electron chi connectivity index (χ1n) is 6.73. The summed E-state index contributed by atoms with van der Waals surface area (Å²) >= 11 is 0. The van der Waals surface area contributed by atoms with Gasteiger partial charge in [-0.15, -0.1) is 5.10 Å². The van der Waals surface area contributed by atoms with E-state index in [0.29, 0.717) is 18.0 Å². The molecule has 1 saturated heterocycles. The van der Waals surface area contributed by atoms with Gasteiger partial charge in [-0.1, -0.05) is 0 Å². The summed E-state index contributed by atoms with van der Waals surface area (Å²) in [5, 5.41) is 20.3. The average molecular weight is 276 g/mol. The number of nitrogens with zero attached hydrogens (tertiary/aromatic N) is 6. The minimum atomic E-state index is -0.730. The van der Waals surface area contributed by atoms with E-state index in [2.05, 4.69) is 25.4 Å². The van der Waals surface area contributed by atoms with Gasteiger partial charge >= 0.3 is 5.97 Å². The van der Waals surface area contributed by atoms with E-state index in [1.165, 1.54) is 0 Å². The van der Waals surface area contributed by atoms with Crippen molar-refractivity contribution in [1.29, 1.82) is 0 Å². The van der Waals surface area contributed by atoms with Crippen molar-refractivity contribution in [3.8, 4) is 0 Å². The highest BCUT2D eigenvalue weighted by atomic mass is 16.4. The molecule has 0 radical (unpaired) electrons. The fraction of sp³-hybridized carbons (Fsp3) is 0.583. The quantitative estimate of drug-likeness (QED) is 0.873. The Labute approximate surface area is 115 Å². The smallest absolute Gasteiger partial charge is 0.303 e. The van der Waals surface area contributed by atoms with E-state index in [9.17, 15) is 4.79 Å². The molecule has 2 aromatic heterocycles. The molecule has 1 aliphatic rings. The molecule has 8 heteroatoms. The first-order chi connectivity index (χ1) is 9.74. The number of piperidine rings is 1. The summed E-state index contributed by atoms with van der Waals surface area (Å²) in [5.74, 6) is 0.533. The van der Waals surface area contributed by atoms with Gasteiger partial charge in [0.1, 0.15) is 0 Å². The lowest BCUT2D eigenvalue weighted by molar-refractivity contribution is -0.137. The van der Waals surface area contributed by atoms with Gasteiger partial charge < -0.3 is 10.0 Å². The van der Waals surface area contributed by atoms with Gasteiger partial charge in [-0.25, -0.2) is 0 Å². The number of aromatic nitrogens is 5. The van der Waals surface area contributed by atoms with Gasteiger partial charge in [0.25, 0.3) is 0 Å². The number of hydrogen-bond donors (Lipinski definition) is 1. The maximum atomic E-state index is 10.7. The second-order valence-corrected chi connectivity index (χ2v) is 5.10. The molecule has 0 saturated carbocycles. The van der Waals surface area contributed by atoms with Crippen LogP contribution in [0.25, 0.3) is 5.65 Å². The van der Waals surface area contributed by atoms with Crippen LogP contribution in [0.1, 0.15) is 25.7 Å². The molecule has 0 aliphatic carbocycles. The van der Waals surface area contributed by atoms with E-state index in [1.54, 1.807) is 16.9 Å². The Kier molecular flexibility index (Phi) is 3.44. The minimum absolute atomic E-state index is 0.228. The molecule has 0 bridgehead atoms. The summed E-state index contributed by atoms with van der Waals surface area (Å²) < 4.78 is 1.67. The number of carboxylic acids is 1. The van der Waals surface area contributed by atoms with Crippen LogP contribution in [0.3, 0.4) is 0 Å². The third-order valence-electron chi connectivity index (χ3n) is 3.70. The van der Waals surface area contributed by atoms with Gasteiger partial charge in [-0.3, -0.25) is 9.78 Å². The van der Waals surface area contributed by atoms with E-state index in [4.69, 9.17) is 5.11 Å². The average Bonchev–Trinajstić information content (AvgIpc) is 2.93. The van der Waals surface area contributed by atoms with Crippen LogP contribution in [0.15, 0.2) is 12.4 Å². The lowest BCUT2D eigenvalue weighted by Gasteiger charge is -2.33. The van der Waals surface area contributed by atoms with Gasteiger partial charge in [-0.05, 0) is 35.6 Å². The van der Waals surface area contributed by atoms with E-state index in [-0.39, 0.29) is 6.42 Å². The highest BCUT2D eigenvalue weighted by molar-refractivity contribution is 5.66. The van der Waals surface area contributed by atoms with Gasteiger partial charge in [0.15, 0.2) is 11.5 Å². The maximum absolute atomic E-state index is 10.7. The number of fused-ring (bicyclic) bond motifs is 1. The van der Waals surface area contributed by atoms with Crippen molar-refractivity contribution in [3.05, 3.63) is 12.4 Å². The van der Waals surface area contributed by atoms with Crippen molar-refractivity contribution >= 4 is 17.4 Å². The zero-order valence-corrected chi connectivity index (χ0v) is 11.0. The number of anilines is 1. The van der Waals surface area contributed by atoms with Crippen LogP contribution in [0.4, 0.5) is 5.82 Å². The molecular weight excluding hydrogens is 260 g/mol. The van der Waals surface area contributed by atoms with Gasteiger partial charge in [0.05, 0.1) is 12.4 Å². The van der Waals surface area contributed by atoms with Crippen LogP contribution >= 0.6 is 0 Å². The fourth-order valence-electron chi connectivity index (χ4n) is 2.71. The third kappa shape index (κ3) is 2.54. The van der Waals surface area contributed by atoms with Crippen molar-refractivity contribution in [3.63, 3.8) is 0 Å². The standard InChI is InChI=1S/C12H16N6O2/c19-12(20)4-3-9-2-1-5-17(8-9)11-7-13-6-10-14-15-16-18(10)11/h6-7,9H,1-5,8H2,(H,19,20). The Balaban J connectivity index is 1.76. The highest BCUT2D eigenvalue weighted by Gasteiger charge is 2.22. The number of rotatable bonds is 4. The van der Waals surface area contributed by atoms with Crippen LogP contribution < -0.4 is 4.90 Å². The monoisotopic (exact) mass is 276 g/mol. The SMILES string of the molecule is O=C(O)CCC1CCCN(c2cncc3nnnn23)C1. The van der Waals surface area contributed by atoms with Crippen LogP contribution in [0.5, 0.6) is 0 Å². The van der Waals surface area contributed by atoms with Gasteiger partial charge in [-0.2, -0.15) is 4.52 Å². The topological polar surface area (TPSA) is 96.5 Å². The summed E-state index contributed by atoms with van der Waals surface area (Å²) in [7, 11) is 0. The van der Waals surface area contributed by atoms with Gasteiger partial charge in [0.2, 0.25) is 0 Å². The molecule has 1 fully saturated rings. The Morgan fingerprint density at radius 2 is 2.35 bits per heavy atom. The lowest BCUT2D eigenvalue weighted by Crippen LogP contribution is -2.37. The van der Waals surface area contributed by atoms with Crippen LogP contribution in [0.2, 0.25) is 0 Å². The molecule has 8 nitrogen and oxygen atoms in total. The molecule has 1 aliphatic heterocycles. The number of aliphatic carboxylic acids is 1. The van der Waals surface area contributed by atoms with E-state index < -0.39 is 5.97 Å². The zero-order valence-electron chi connectivity index (χ0n) is 11.0. The second-order valence-electron chi connectivity index (χ2n) is 5.10. The molecule has 0 amide bonds. The Bertz CT molecular complexity index is 613. The van der Waals surface area contributed by atoms with E-state index in [1.807, 2.05) is 0 Å². The molecule has 20 heavy (non-hydrogen) atoms. The normalized spacial score (nSPS) is 19.4. The largest absolute Gasteiger partial charge is 0.481 e. The number of carbonyl (C=O) groups is 1. The first-order valence-corrected chi connectivity index (χ1v) is 6.73. The zero-order chi connectivity index (χ0) is 13.9. The Hall–Kier alpha value is -2.25. The van der Waals surface area contributed by atoms with Gasteiger partial charge in [0, 0.05) is 19.5 Å². The van der Waals surface area contributed by atoms with Crippen LogP contribution in [0, 0.1) is 5.92 Å². The highest BCUT2D eigenvalue weighted by Crippen LogP contribution is 2.25. The summed E-state index contributed by atoms with van der Waals surface area (Å²) in [4.78, 5) is 17.0. The van der Waals surface area contributed by atoms with E-state index >= 15 is 0 Å². The second kappa shape index (κ2) is 5.40. The van der Waals surface area contributed by atoms with E-state index in [0.717, 1.165) is 31.7 Å². The summed E-state index contributed by atoms with van der Waals surface area (Å²) in [5.41, 5.74) is 0.621. The molecule has 3 rings (SSSR count). The Morgan fingerprint density at radius 3 is 3.20 bits per heavy atom. The summed E-state index contributed by atoms with van der Waals surface area (Å²) in [6.07, 6.45) is 6.43.